The summed E-state index contributed by atoms with van der Waals surface area (Å²) in [5, 5.41) is 7.67. The van der Waals surface area contributed by atoms with Gasteiger partial charge in [0, 0.05) is 5.56 Å². The lowest BCUT2D eigenvalue weighted by atomic mass is 10.0. The van der Waals surface area contributed by atoms with Crippen LogP contribution in [0, 0.1) is 0 Å². The second-order valence-corrected chi connectivity index (χ2v) is 6.34. The van der Waals surface area contributed by atoms with Gasteiger partial charge in [0.25, 0.3) is 5.91 Å². The van der Waals surface area contributed by atoms with Gasteiger partial charge >= 0.3 is 18.0 Å². The fraction of sp³-hybridized carbons (Fsp3) is 0.400. The number of urea groups is 1. The van der Waals surface area contributed by atoms with Gasteiger partial charge in [-0.05, 0) is 32.4 Å². The highest BCUT2D eigenvalue weighted by atomic mass is 16.5. The molecule has 2 atom stereocenters. The average Bonchev–Trinajstić information content (AvgIpc) is 2.71. The van der Waals surface area contributed by atoms with E-state index in [4.69, 9.17) is 9.47 Å². The van der Waals surface area contributed by atoms with Gasteiger partial charge in [0.05, 0.1) is 23.9 Å². The van der Waals surface area contributed by atoms with Gasteiger partial charge in [0.1, 0.15) is 12.6 Å². The van der Waals surface area contributed by atoms with Crippen LogP contribution in [0.4, 0.5) is 4.79 Å². The minimum Gasteiger partial charge on any atom is -0.463 e. The van der Waals surface area contributed by atoms with E-state index in [-0.39, 0.29) is 24.5 Å². The first kappa shape index (κ1) is 21.9. The van der Waals surface area contributed by atoms with E-state index in [0.717, 1.165) is 0 Å². The van der Waals surface area contributed by atoms with E-state index in [9.17, 15) is 19.2 Å². The molecule has 1 heterocycles. The van der Waals surface area contributed by atoms with Crippen LogP contribution in [-0.2, 0) is 19.1 Å². The number of nitrogens with one attached hydrogen (secondary N) is 3. The van der Waals surface area contributed by atoms with Crippen molar-refractivity contribution in [1.82, 2.24) is 16.0 Å². The second kappa shape index (κ2) is 10.3. The predicted molar refractivity (Wildman–Crippen MR) is 104 cm³/mol. The summed E-state index contributed by atoms with van der Waals surface area (Å²) in [4.78, 5) is 48.6. The Morgan fingerprint density at radius 3 is 2.45 bits per heavy atom. The van der Waals surface area contributed by atoms with E-state index in [1.807, 2.05) is 0 Å². The first-order chi connectivity index (χ1) is 13.9. The molecule has 9 nitrogen and oxygen atoms in total. The Bertz CT molecular complexity index is 806. The molecule has 3 N–H and O–H groups in total. The summed E-state index contributed by atoms with van der Waals surface area (Å²) in [6.45, 7) is 4.80. The van der Waals surface area contributed by atoms with E-state index >= 15 is 0 Å². The fourth-order valence-electron chi connectivity index (χ4n) is 2.77. The molecule has 1 aromatic rings. The summed E-state index contributed by atoms with van der Waals surface area (Å²) in [6, 6.07) is 6.48. The molecule has 1 aromatic carbocycles. The highest BCUT2D eigenvalue weighted by Crippen LogP contribution is 2.17. The van der Waals surface area contributed by atoms with Gasteiger partial charge in [-0.3, -0.25) is 4.79 Å². The monoisotopic (exact) mass is 403 g/mol. The Morgan fingerprint density at radius 1 is 1.14 bits per heavy atom. The summed E-state index contributed by atoms with van der Waals surface area (Å²) >= 11 is 0. The molecule has 0 unspecified atom stereocenters. The van der Waals surface area contributed by atoms with Crippen LogP contribution < -0.4 is 16.0 Å². The van der Waals surface area contributed by atoms with Gasteiger partial charge in [-0.15, -0.1) is 0 Å². The molecule has 0 radical (unpaired) electrons. The van der Waals surface area contributed by atoms with Crippen LogP contribution in [-0.4, -0.2) is 49.2 Å². The SMILES string of the molecule is CCOC(=O)C1=C(COC(=O)[C@H](C)NC(=O)c2ccccc2)NC(=O)N[C@H]1CC. The molecule has 0 saturated heterocycles. The van der Waals surface area contributed by atoms with Crippen molar-refractivity contribution < 1.29 is 28.7 Å². The van der Waals surface area contributed by atoms with Gasteiger partial charge < -0.3 is 25.4 Å². The Hall–Kier alpha value is -3.36. The van der Waals surface area contributed by atoms with Gasteiger partial charge in [0.15, 0.2) is 0 Å². The van der Waals surface area contributed by atoms with Crippen molar-refractivity contribution in [3.05, 3.63) is 47.2 Å². The van der Waals surface area contributed by atoms with E-state index in [0.29, 0.717) is 12.0 Å². The molecular formula is C20H25N3O6. The lowest BCUT2D eigenvalue weighted by Gasteiger charge is -2.28. The third-order valence-corrected chi connectivity index (χ3v) is 4.24. The smallest absolute Gasteiger partial charge is 0.338 e. The molecule has 0 aromatic heterocycles. The maximum Gasteiger partial charge on any atom is 0.338 e. The molecule has 0 aliphatic carbocycles. The van der Waals surface area contributed by atoms with Crippen LogP contribution in [0.3, 0.4) is 0 Å². The Balaban J connectivity index is 2.05. The highest BCUT2D eigenvalue weighted by Gasteiger charge is 2.32. The lowest BCUT2D eigenvalue weighted by molar-refractivity contribution is -0.145. The second-order valence-electron chi connectivity index (χ2n) is 6.34. The van der Waals surface area contributed by atoms with Crippen molar-refractivity contribution in [3.8, 4) is 0 Å². The number of hydrogen-bond donors (Lipinski definition) is 3. The molecular weight excluding hydrogens is 378 g/mol. The number of carbonyl (C=O) groups is 4. The lowest BCUT2D eigenvalue weighted by Crippen LogP contribution is -2.51. The van der Waals surface area contributed by atoms with E-state index in [1.54, 1.807) is 44.2 Å². The number of carbonyl (C=O) groups excluding carboxylic acids is 4. The maximum atomic E-state index is 12.3. The molecule has 9 heteroatoms. The van der Waals surface area contributed by atoms with E-state index < -0.39 is 36.0 Å². The van der Waals surface area contributed by atoms with Gasteiger partial charge in [-0.25, -0.2) is 14.4 Å². The average molecular weight is 403 g/mol. The van der Waals surface area contributed by atoms with Crippen LogP contribution in [0.5, 0.6) is 0 Å². The third-order valence-electron chi connectivity index (χ3n) is 4.24. The molecule has 1 aliphatic rings. The minimum absolute atomic E-state index is 0.161. The van der Waals surface area contributed by atoms with Crippen molar-refractivity contribution in [1.29, 1.82) is 0 Å². The molecule has 0 saturated carbocycles. The Kier molecular flexibility index (Phi) is 7.76. The Morgan fingerprint density at radius 2 is 1.83 bits per heavy atom. The standard InChI is InChI=1S/C20H25N3O6/c1-4-14-16(19(26)28-5-2)15(23-20(27)22-14)11-29-18(25)12(3)21-17(24)13-9-7-6-8-10-13/h6-10,12,14H,4-5,11H2,1-3H3,(H,21,24)(H2,22,23,27)/t12-,14-/m0/s1. The van der Waals surface area contributed by atoms with E-state index in [1.165, 1.54) is 6.92 Å². The first-order valence-electron chi connectivity index (χ1n) is 9.37. The van der Waals surface area contributed by atoms with Crippen molar-refractivity contribution in [2.75, 3.05) is 13.2 Å². The van der Waals surface area contributed by atoms with E-state index in [2.05, 4.69) is 16.0 Å². The first-order valence-corrected chi connectivity index (χ1v) is 9.37. The quantitative estimate of drug-likeness (QED) is 0.562. The fourth-order valence-corrected chi connectivity index (χ4v) is 2.77. The third kappa shape index (κ3) is 5.81. The number of amides is 3. The topological polar surface area (TPSA) is 123 Å². The zero-order chi connectivity index (χ0) is 21.4. The van der Waals surface area contributed by atoms with Crippen molar-refractivity contribution in [3.63, 3.8) is 0 Å². The van der Waals surface area contributed by atoms with Crippen LogP contribution in [0.15, 0.2) is 41.6 Å². The van der Waals surface area contributed by atoms with Crippen molar-refractivity contribution in [2.24, 2.45) is 0 Å². The van der Waals surface area contributed by atoms with Crippen LogP contribution in [0.25, 0.3) is 0 Å². The largest absolute Gasteiger partial charge is 0.463 e. The maximum absolute atomic E-state index is 12.3. The summed E-state index contributed by atoms with van der Waals surface area (Å²) in [6.07, 6.45) is 0.461. The summed E-state index contributed by atoms with van der Waals surface area (Å²) in [5.74, 6) is -1.71. The van der Waals surface area contributed by atoms with Gasteiger partial charge in [-0.2, -0.15) is 0 Å². The summed E-state index contributed by atoms with van der Waals surface area (Å²) < 4.78 is 10.3. The van der Waals surface area contributed by atoms with Crippen molar-refractivity contribution >= 4 is 23.9 Å². The molecule has 1 aliphatic heterocycles. The molecule has 0 fully saturated rings. The summed E-state index contributed by atoms with van der Waals surface area (Å²) in [5.41, 5.74) is 0.785. The number of esters is 2. The number of hydrogen-bond acceptors (Lipinski definition) is 6. The molecule has 0 spiro atoms. The molecule has 2 rings (SSSR count). The van der Waals surface area contributed by atoms with Crippen molar-refractivity contribution in [2.45, 2.75) is 39.3 Å². The Labute approximate surface area is 168 Å². The van der Waals surface area contributed by atoms with Gasteiger partial charge in [0.2, 0.25) is 0 Å². The van der Waals surface area contributed by atoms with Crippen LogP contribution in [0.1, 0.15) is 37.6 Å². The summed E-state index contributed by atoms with van der Waals surface area (Å²) in [7, 11) is 0. The predicted octanol–water partition coefficient (Wildman–Crippen LogP) is 1.26. The molecule has 0 bridgehead atoms. The van der Waals surface area contributed by atoms with Gasteiger partial charge in [-0.1, -0.05) is 25.1 Å². The highest BCUT2D eigenvalue weighted by molar-refractivity contribution is 5.97. The number of benzene rings is 1. The molecule has 3 amide bonds. The van der Waals surface area contributed by atoms with Crippen LogP contribution in [0.2, 0.25) is 0 Å². The normalized spacial score (nSPS) is 16.9. The molecule has 29 heavy (non-hydrogen) atoms. The zero-order valence-corrected chi connectivity index (χ0v) is 16.6. The minimum atomic E-state index is -0.922. The van der Waals surface area contributed by atoms with Crippen LogP contribution >= 0.6 is 0 Å². The zero-order valence-electron chi connectivity index (χ0n) is 16.6. The number of rotatable bonds is 8. The number of ether oxygens (including phenoxy) is 2. The molecule has 156 valence electrons.